The number of nitrogens with zero attached hydrogens (tertiary/aromatic N) is 2. The van der Waals surface area contributed by atoms with Crippen molar-refractivity contribution in [2.24, 2.45) is 0 Å². The summed E-state index contributed by atoms with van der Waals surface area (Å²) in [6.07, 6.45) is 6.77. The lowest BCUT2D eigenvalue weighted by atomic mass is 9.94. The van der Waals surface area contributed by atoms with Crippen molar-refractivity contribution in [1.82, 2.24) is 14.7 Å². The molecule has 2 aromatic rings. The summed E-state index contributed by atoms with van der Waals surface area (Å²) in [5.41, 5.74) is 1.12. The van der Waals surface area contributed by atoms with Crippen LogP contribution < -0.4 is 9.46 Å². The summed E-state index contributed by atoms with van der Waals surface area (Å²) >= 11 is 5.76. The van der Waals surface area contributed by atoms with Crippen molar-refractivity contribution in [3.63, 3.8) is 0 Å². The Balaban J connectivity index is 1.53. The van der Waals surface area contributed by atoms with Crippen LogP contribution in [-0.2, 0) is 16.4 Å². The van der Waals surface area contributed by atoms with Gasteiger partial charge in [-0.15, -0.1) is 0 Å². The van der Waals surface area contributed by atoms with Gasteiger partial charge in [0.05, 0.1) is 22.3 Å². The SMILES string of the molecule is CCc1ccc(S(=O)(=O)NC2CCC(Oc3ncc(Cl)cn3)CC2)cc1. The van der Waals surface area contributed by atoms with Gasteiger partial charge in [0.25, 0.3) is 0 Å². The molecule has 1 fully saturated rings. The van der Waals surface area contributed by atoms with Crippen LogP contribution >= 0.6 is 11.6 Å². The van der Waals surface area contributed by atoms with E-state index in [4.69, 9.17) is 16.3 Å². The summed E-state index contributed by atoms with van der Waals surface area (Å²) in [7, 11) is -3.50. The number of sulfonamides is 1. The second kappa shape index (κ2) is 8.33. The smallest absolute Gasteiger partial charge is 0.316 e. The van der Waals surface area contributed by atoms with Gasteiger partial charge < -0.3 is 4.74 Å². The summed E-state index contributed by atoms with van der Waals surface area (Å²) in [6.45, 7) is 2.04. The standard InChI is InChI=1S/C18H22ClN3O3S/c1-2-13-3-9-17(10-4-13)26(23,24)22-15-5-7-16(8-6-15)25-18-20-11-14(19)12-21-18/h3-4,9-12,15-16,22H,2,5-8H2,1H3. The Hall–Kier alpha value is -1.70. The molecule has 0 spiro atoms. The highest BCUT2D eigenvalue weighted by molar-refractivity contribution is 7.89. The van der Waals surface area contributed by atoms with Crippen LogP contribution in [0.5, 0.6) is 6.01 Å². The molecule has 140 valence electrons. The summed E-state index contributed by atoms with van der Waals surface area (Å²) in [4.78, 5) is 8.36. The molecule has 1 saturated carbocycles. The predicted molar refractivity (Wildman–Crippen MR) is 99.9 cm³/mol. The molecule has 0 saturated heterocycles. The molecule has 3 rings (SSSR count). The highest BCUT2D eigenvalue weighted by Gasteiger charge is 2.27. The van der Waals surface area contributed by atoms with Crippen LogP contribution in [0.15, 0.2) is 41.6 Å². The maximum Gasteiger partial charge on any atom is 0.316 e. The molecular weight excluding hydrogens is 374 g/mol. The number of aryl methyl sites for hydroxylation is 1. The van der Waals surface area contributed by atoms with E-state index in [9.17, 15) is 8.42 Å². The van der Waals surface area contributed by atoms with E-state index in [1.807, 2.05) is 19.1 Å². The first kappa shape index (κ1) is 19.1. The lowest BCUT2D eigenvalue weighted by Crippen LogP contribution is -2.39. The Morgan fingerprint density at radius 2 is 1.73 bits per heavy atom. The molecule has 1 N–H and O–H groups in total. The average Bonchev–Trinajstić information content (AvgIpc) is 2.65. The van der Waals surface area contributed by atoms with Crippen molar-refractivity contribution >= 4 is 21.6 Å². The number of benzene rings is 1. The predicted octanol–water partition coefficient (Wildman–Crippen LogP) is 3.36. The van der Waals surface area contributed by atoms with E-state index in [1.165, 1.54) is 12.4 Å². The second-order valence-corrected chi connectivity index (χ2v) is 8.54. The Morgan fingerprint density at radius 1 is 1.12 bits per heavy atom. The molecule has 0 aliphatic heterocycles. The Morgan fingerprint density at radius 3 is 2.31 bits per heavy atom. The van der Waals surface area contributed by atoms with E-state index in [0.29, 0.717) is 28.8 Å². The summed E-state index contributed by atoms with van der Waals surface area (Å²) < 4.78 is 33.6. The Bertz CT molecular complexity index is 818. The highest BCUT2D eigenvalue weighted by atomic mass is 35.5. The normalized spacial score (nSPS) is 20.7. The molecule has 1 aliphatic carbocycles. The summed E-state index contributed by atoms with van der Waals surface area (Å²) in [5.74, 6) is 0. The van der Waals surface area contributed by atoms with Gasteiger partial charge >= 0.3 is 6.01 Å². The summed E-state index contributed by atoms with van der Waals surface area (Å²) in [5, 5.41) is 0.461. The minimum atomic E-state index is -3.50. The van der Waals surface area contributed by atoms with Crippen LogP contribution in [0.3, 0.4) is 0 Å². The molecule has 0 radical (unpaired) electrons. The molecular formula is C18H22ClN3O3S. The van der Waals surface area contributed by atoms with E-state index in [-0.39, 0.29) is 12.1 Å². The third-order valence-corrected chi connectivity index (χ3v) is 6.24. The van der Waals surface area contributed by atoms with Gasteiger partial charge in [-0.2, -0.15) is 0 Å². The summed E-state index contributed by atoms with van der Waals surface area (Å²) in [6, 6.07) is 7.24. The van der Waals surface area contributed by atoms with Crippen molar-refractivity contribution in [1.29, 1.82) is 0 Å². The van der Waals surface area contributed by atoms with Gasteiger partial charge in [0.2, 0.25) is 10.0 Å². The number of nitrogens with one attached hydrogen (secondary N) is 1. The van der Waals surface area contributed by atoms with Crippen LogP contribution in [0.1, 0.15) is 38.2 Å². The van der Waals surface area contributed by atoms with Gasteiger partial charge in [-0.25, -0.2) is 23.1 Å². The Labute approximate surface area is 159 Å². The van der Waals surface area contributed by atoms with Crippen LogP contribution in [0.4, 0.5) is 0 Å². The first-order valence-electron chi connectivity index (χ1n) is 8.72. The average molecular weight is 396 g/mol. The molecule has 0 amide bonds. The minimum Gasteiger partial charge on any atom is -0.460 e. The van der Waals surface area contributed by atoms with Crippen LogP contribution in [0.25, 0.3) is 0 Å². The first-order valence-corrected chi connectivity index (χ1v) is 10.6. The van der Waals surface area contributed by atoms with Gasteiger partial charge in [-0.1, -0.05) is 30.7 Å². The van der Waals surface area contributed by atoms with Crippen molar-refractivity contribution in [2.75, 3.05) is 0 Å². The van der Waals surface area contributed by atoms with Crippen LogP contribution in [0, 0.1) is 0 Å². The van der Waals surface area contributed by atoms with Gasteiger partial charge in [0, 0.05) is 6.04 Å². The zero-order valence-corrected chi connectivity index (χ0v) is 16.1. The number of aromatic nitrogens is 2. The van der Waals surface area contributed by atoms with Crippen LogP contribution in [-0.4, -0.2) is 30.5 Å². The molecule has 1 heterocycles. The number of halogens is 1. The van der Waals surface area contributed by atoms with Crippen LogP contribution in [0.2, 0.25) is 5.02 Å². The molecule has 1 aromatic heterocycles. The van der Waals surface area contributed by atoms with E-state index >= 15 is 0 Å². The molecule has 0 unspecified atom stereocenters. The molecule has 1 aliphatic rings. The van der Waals surface area contributed by atoms with E-state index in [2.05, 4.69) is 14.7 Å². The van der Waals surface area contributed by atoms with Crippen molar-refractivity contribution < 1.29 is 13.2 Å². The van der Waals surface area contributed by atoms with Crippen molar-refractivity contribution in [2.45, 2.75) is 56.1 Å². The van der Waals surface area contributed by atoms with Gasteiger partial charge in [0.1, 0.15) is 6.10 Å². The van der Waals surface area contributed by atoms with Gasteiger partial charge in [-0.05, 0) is 49.8 Å². The quantitative estimate of drug-likeness (QED) is 0.811. The fourth-order valence-electron chi connectivity index (χ4n) is 3.00. The molecule has 0 atom stereocenters. The largest absolute Gasteiger partial charge is 0.460 e. The molecule has 26 heavy (non-hydrogen) atoms. The lowest BCUT2D eigenvalue weighted by molar-refractivity contribution is 0.132. The number of rotatable bonds is 6. The van der Waals surface area contributed by atoms with Crippen molar-refractivity contribution in [3.8, 4) is 6.01 Å². The molecule has 1 aromatic carbocycles. The molecule has 8 heteroatoms. The minimum absolute atomic E-state index is 0.0132. The third kappa shape index (κ3) is 4.93. The number of hydrogen-bond donors (Lipinski definition) is 1. The maximum absolute atomic E-state index is 12.5. The molecule has 6 nitrogen and oxygen atoms in total. The zero-order valence-electron chi connectivity index (χ0n) is 14.6. The van der Waals surface area contributed by atoms with E-state index in [0.717, 1.165) is 24.8 Å². The second-order valence-electron chi connectivity index (χ2n) is 6.39. The maximum atomic E-state index is 12.5. The Kier molecular flexibility index (Phi) is 6.11. The number of hydrogen-bond acceptors (Lipinski definition) is 5. The number of ether oxygens (including phenoxy) is 1. The van der Waals surface area contributed by atoms with E-state index in [1.54, 1.807) is 12.1 Å². The van der Waals surface area contributed by atoms with Gasteiger partial charge in [0.15, 0.2) is 0 Å². The fraction of sp³-hybridized carbons (Fsp3) is 0.444. The van der Waals surface area contributed by atoms with E-state index < -0.39 is 10.0 Å². The highest BCUT2D eigenvalue weighted by Crippen LogP contribution is 2.24. The first-order chi connectivity index (χ1) is 12.5. The fourth-order valence-corrected chi connectivity index (χ4v) is 4.40. The van der Waals surface area contributed by atoms with Crippen molar-refractivity contribution in [3.05, 3.63) is 47.2 Å². The van der Waals surface area contributed by atoms with Gasteiger partial charge in [-0.3, -0.25) is 0 Å². The lowest BCUT2D eigenvalue weighted by Gasteiger charge is -2.28. The monoisotopic (exact) mass is 395 g/mol. The zero-order chi connectivity index (χ0) is 18.6. The topological polar surface area (TPSA) is 81.2 Å². The molecule has 0 bridgehead atoms. The third-order valence-electron chi connectivity index (χ3n) is 4.51.